The van der Waals surface area contributed by atoms with Crippen LogP contribution in [0.2, 0.25) is 0 Å². The number of ketones is 2. The summed E-state index contributed by atoms with van der Waals surface area (Å²) >= 11 is 0. The zero-order chi connectivity index (χ0) is 22.9. The van der Waals surface area contributed by atoms with Crippen molar-refractivity contribution in [2.45, 2.75) is 58.8 Å². The number of nitrogens with one attached hydrogen (secondary N) is 1. The Bertz CT molecular complexity index is 1050. The average molecular weight is 430 g/mol. The first-order valence-corrected chi connectivity index (χ1v) is 12.0. The molecular weight excluding hydrogens is 394 g/mol. The van der Waals surface area contributed by atoms with Crippen molar-refractivity contribution in [3.63, 3.8) is 0 Å². The van der Waals surface area contributed by atoms with Crippen LogP contribution in [0, 0.1) is 34.5 Å². The normalized spacial score (nSPS) is 31.3. The summed E-state index contributed by atoms with van der Waals surface area (Å²) in [5.41, 5.74) is 1.42. The molecule has 2 aliphatic rings. The van der Waals surface area contributed by atoms with Gasteiger partial charge in [0.2, 0.25) is 0 Å². The molecule has 168 valence electrons. The maximum atomic E-state index is 13.3. The summed E-state index contributed by atoms with van der Waals surface area (Å²) in [4.78, 5) is 26.1. The van der Waals surface area contributed by atoms with E-state index in [0.717, 1.165) is 37.7 Å². The number of fused-ring (bicyclic) bond motifs is 1. The monoisotopic (exact) mass is 429 g/mol. The van der Waals surface area contributed by atoms with E-state index in [2.05, 4.69) is 43.8 Å². The number of benzene rings is 2. The van der Waals surface area contributed by atoms with E-state index in [4.69, 9.17) is 5.41 Å². The molecule has 2 aliphatic carbocycles. The molecule has 4 rings (SSSR count). The molecule has 3 nitrogen and oxygen atoms in total. The first-order chi connectivity index (χ1) is 15.3. The van der Waals surface area contributed by atoms with Crippen LogP contribution in [-0.2, 0) is 16.0 Å². The number of Topliss-reactive ketones (excluding diaryl/α,β-unsaturated/α-hetero) is 2. The Morgan fingerprint density at radius 3 is 2.69 bits per heavy atom. The summed E-state index contributed by atoms with van der Waals surface area (Å²) in [7, 11) is 0. The summed E-state index contributed by atoms with van der Waals surface area (Å²) in [6.45, 7) is 8.03. The van der Waals surface area contributed by atoms with Gasteiger partial charge in [0.1, 0.15) is 11.6 Å². The lowest BCUT2D eigenvalue weighted by Gasteiger charge is -2.42. The smallest absolute Gasteiger partial charge is 0.141 e. The van der Waals surface area contributed by atoms with Gasteiger partial charge < -0.3 is 5.41 Å². The minimum absolute atomic E-state index is 0.0462. The third kappa shape index (κ3) is 4.48. The molecule has 1 N–H and O–H groups in total. The molecule has 0 aliphatic heterocycles. The fourth-order valence-corrected chi connectivity index (χ4v) is 6.06. The number of hydrogen-bond acceptors (Lipinski definition) is 3. The zero-order valence-electron chi connectivity index (χ0n) is 19.4. The van der Waals surface area contributed by atoms with Crippen molar-refractivity contribution in [1.29, 1.82) is 5.41 Å². The molecule has 2 aromatic carbocycles. The second kappa shape index (κ2) is 9.13. The molecule has 0 radical (unpaired) electrons. The lowest BCUT2D eigenvalue weighted by atomic mass is 9.62. The third-order valence-electron chi connectivity index (χ3n) is 8.21. The van der Waals surface area contributed by atoms with E-state index < -0.39 is 0 Å². The van der Waals surface area contributed by atoms with Crippen molar-refractivity contribution in [2.75, 3.05) is 0 Å². The van der Waals surface area contributed by atoms with Crippen molar-refractivity contribution in [2.24, 2.45) is 29.1 Å². The molecule has 32 heavy (non-hydrogen) atoms. The van der Waals surface area contributed by atoms with E-state index in [1.165, 1.54) is 10.8 Å². The van der Waals surface area contributed by atoms with Gasteiger partial charge in [-0.3, -0.25) is 9.59 Å². The Morgan fingerprint density at radius 2 is 1.94 bits per heavy atom. The fraction of sp³-hybridized carbons (Fsp3) is 0.483. The van der Waals surface area contributed by atoms with Crippen LogP contribution < -0.4 is 0 Å². The number of carbonyl (C=O) groups is 2. The highest BCUT2D eigenvalue weighted by Crippen LogP contribution is 2.49. The number of rotatable bonds is 5. The molecule has 2 saturated carbocycles. The van der Waals surface area contributed by atoms with E-state index in [1.807, 2.05) is 25.1 Å². The van der Waals surface area contributed by atoms with Gasteiger partial charge in [0.25, 0.3) is 0 Å². The van der Waals surface area contributed by atoms with Gasteiger partial charge in [0, 0.05) is 30.4 Å². The standard InChI is InChI=1S/C29H35NO2/c1-4-21-17-29(3,18-27(32)19(2)28(21)30)25-11-7-10-24(16-25)26(31)15-20-12-13-22-8-5-6-9-23(22)14-20/h4-6,8-9,12-14,19,21,24-25,30H,1,7,10-11,15-18H2,2-3H3. The molecule has 0 spiro atoms. The predicted molar refractivity (Wildman–Crippen MR) is 131 cm³/mol. The maximum Gasteiger partial charge on any atom is 0.141 e. The van der Waals surface area contributed by atoms with Crippen LogP contribution in [0.25, 0.3) is 10.8 Å². The lowest BCUT2D eigenvalue weighted by molar-refractivity contribution is -0.125. The van der Waals surface area contributed by atoms with Crippen LogP contribution in [0.5, 0.6) is 0 Å². The van der Waals surface area contributed by atoms with Crippen LogP contribution in [0.1, 0.15) is 57.9 Å². The first-order valence-electron chi connectivity index (χ1n) is 12.0. The van der Waals surface area contributed by atoms with Gasteiger partial charge in [0.15, 0.2) is 0 Å². The zero-order valence-corrected chi connectivity index (χ0v) is 19.4. The summed E-state index contributed by atoms with van der Waals surface area (Å²) in [5.74, 6) is 0.533. The maximum absolute atomic E-state index is 13.3. The molecule has 5 unspecified atom stereocenters. The molecular formula is C29H35NO2. The minimum atomic E-state index is -0.325. The highest BCUT2D eigenvalue weighted by molar-refractivity contribution is 6.06. The van der Waals surface area contributed by atoms with Crippen molar-refractivity contribution < 1.29 is 9.59 Å². The lowest BCUT2D eigenvalue weighted by Crippen LogP contribution is -2.36. The van der Waals surface area contributed by atoms with Gasteiger partial charge in [-0.15, -0.1) is 6.58 Å². The van der Waals surface area contributed by atoms with E-state index in [-0.39, 0.29) is 29.0 Å². The van der Waals surface area contributed by atoms with Gasteiger partial charge in [-0.05, 0) is 53.4 Å². The summed E-state index contributed by atoms with van der Waals surface area (Å²) in [6.07, 6.45) is 7.55. The van der Waals surface area contributed by atoms with Gasteiger partial charge >= 0.3 is 0 Å². The summed E-state index contributed by atoms with van der Waals surface area (Å²) in [5, 5.41) is 10.8. The Labute approximate surface area is 191 Å². The molecule has 2 fully saturated rings. The highest BCUT2D eigenvalue weighted by atomic mass is 16.1. The number of carbonyl (C=O) groups excluding carboxylic acids is 2. The largest absolute Gasteiger partial charge is 0.308 e. The van der Waals surface area contributed by atoms with E-state index in [1.54, 1.807) is 0 Å². The second-order valence-corrected chi connectivity index (χ2v) is 10.4. The molecule has 0 heterocycles. The molecule has 2 aromatic rings. The van der Waals surface area contributed by atoms with Crippen LogP contribution in [-0.4, -0.2) is 17.3 Å². The van der Waals surface area contributed by atoms with Crippen LogP contribution in [0.15, 0.2) is 55.1 Å². The quantitative estimate of drug-likeness (QED) is 0.431. The van der Waals surface area contributed by atoms with Crippen LogP contribution in [0.3, 0.4) is 0 Å². The molecule has 5 atom stereocenters. The Morgan fingerprint density at radius 1 is 1.19 bits per heavy atom. The van der Waals surface area contributed by atoms with Gasteiger partial charge in [-0.1, -0.05) is 68.8 Å². The SMILES string of the molecule is C=CC1CC(C)(C2CCCC(C(=O)Cc3ccc4ccccc4c3)C2)CC(=O)C(C)C1=N. The van der Waals surface area contributed by atoms with E-state index in [9.17, 15) is 9.59 Å². The molecule has 0 bridgehead atoms. The number of allylic oxidation sites excluding steroid dienone is 1. The van der Waals surface area contributed by atoms with Crippen molar-refractivity contribution in [1.82, 2.24) is 0 Å². The van der Waals surface area contributed by atoms with E-state index >= 15 is 0 Å². The van der Waals surface area contributed by atoms with Crippen molar-refractivity contribution in [3.05, 3.63) is 60.7 Å². The summed E-state index contributed by atoms with van der Waals surface area (Å²) < 4.78 is 0. The minimum Gasteiger partial charge on any atom is -0.308 e. The Hall–Kier alpha value is -2.55. The van der Waals surface area contributed by atoms with Gasteiger partial charge in [-0.25, -0.2) is 0 Å². The molecule has 3 heteroatoms. The Kier molecular flexibility index (Phi) is 6.46. The van der Waals surface area contributed by atoms with Crippen molar-refractivity contribution in [3.8, 4) is 0 Å². The molecule has 0 saturated heterocycles. The number of hydrogen-bond donors (Lipinski definition) is 1. The second-order valence-electron chi connectivity index (χ2n) is 10.4. The molecule has 0 amide bonds. The first kappa shape index (κ1) is 22.6. The topological polar surface area (TPSA) is 58.0 Å². The fourth-order valence-electron chi connectivity index (χ4n) is 6.06. The van der Waals surface area contributed by atoms with Gasteiger partial charge in [0.05, 0.1) is 5.92 Å². The van der Waals surface area contributed by atoms with E-state index in [0.29, 0.717) is 30.3 Å². The summed E-state index contributed by atoms with van der Waals surface area (Å²) in [6, 6.07) is 14.6. The highest BCUT2D eigenvalue weighted by Gasteiger charge is 2.45. The van der Waals surface area contributed by atoms with Crippen molar-refractivity contribution >= 4 is 28.1 Å². The Balaban J connectivity index is 1.49. The third-order valence-corrected chi connectivity index (χ3v) is 8.21. The van der Waals surface area contributed by atoms with Crippen LogP contribution in [0.4, 0.5) is 0 Å². The molecule has 0 aromatic heterocycles. The van der Waals surface area contributed by atoms with Gasteiger partial charge in [-0.2, -0.15) is 0 Å². The predicted octanol–water partition coefficient (Wildman–Crippen LogP) is 6.59. The average Bonchev–Trinajstić information content (AvgIpc) is 2.89. The van der Waals surface area contributed by atoms with Crippen LogP contribution >= 0.6 is 0 Å².